The number of carboxylic acids is 1. The van der Waals surface area contributed by atoms with Crippen LogP contribution < -0.4 is 5.32 Å². The topological polar surface area (TPSA) is 66.4 Å². The van der Waals surface area contributed by atoms with E-state index >= 15 is 0 Å². The maximum absolute atomic E-state index is 12.0. The van der Waals surface area contributed by atoms with Crippen molar-refractivity contribution in [2.45, 2.75) is 58.9 Å². The van der Waals surface area contributed by atoms with Gasteiger partial charge in [0.1, 0.15) is 6.04 Å². The molecule has 0 spiro atoms. The number of rotatable bonds is 6. The summed E-state index contributed by atoms with van der Waals surface area (Å²) in [5.74, 6) is -0.610. The van der Waals surface area contributed by atoms with Gasteiger partial charge in [0, 0.05) is 5.92 Å². The van der Waals surface area contributed by atoms with Crippen molar-refractivity contribution in [3.63, 3.8) is 0 Å². The van der Waals surface area contributed by atoms with Crippen LogP contribution in [0, 0.1) is 17.8 Å². The Labute approximate surface area is 109 Å². The van der Waals surface area contributed by atoms with E-state index in [0.717, 1.165) is 6.42 Å². The second kappa shape index (κ2) is 6.76. The van der Waals surface area contributed by atoms with Gasteiger partial charge in [0.15, 0.2) is 0 Å². The Hall–Kier alpha value is -1.06. The molecule has 104 valence electrons. The van der Waals surface area contributed by atoms with Crippen LogP contribution in [0.2, 0.25) is 0 Å². The Bertz CT molecular complexity index is 295. The smallest absolute Gasteiger partial charge is 0.326 e. The Kier molecular flexibility index (Phi) is 5.63. The van der Waals surface area contributed by atoms with Crippen molar-refractivity contribution in [2.75, 3.05) is 0 Å². The summed E-state index contributed by atoms with van der Waals surface area (Å²) in [4.78, 5) is 23.0. The second-order valence-electron chi connectivity index (χ2n) is 5.86. The Morgan fingerprint density at radius 3 is 2.22 bits per heavy atom. The van der Waals surface area contributed by atoms with E-state index < -0.39 is 12.0 Å². The summed E-state index contributed by atoms with van der Waals surface area (Å²) in [5, 5.41) is 11.7. The van der Waals surface area contributed by atoms with Gasteiger partial charge in [0.25, 0.3) is 0 Å². The monoisotopic (exact) mass is 255 g/mol. The Morgan fingerprint density at radius 1 is 1.22 bits per heavy atom. The number of hydrogen-bond acceptors (Lipinski definition) is 2. The lowest BCUT2D eigenvalue weighted by atomic mass is 9.93. The lowest BCUT2D eigenvalue weighted by Gasteiger charge is -2.21. The van der Waals surface area contributed by atoms with Crippen LogP contribution in [0.4, 0.5) is 0 Å². The molecule has 0 aromatic rings. The Balaban J connectivity index is 2.44. The molecule has 0 saturated heterocycles. The molecular weight excluding hydrogens is 230 g/mol. The minimum Gasteiger partial charge on any atom is -0.480 e. The average Bonchev–Trinajstić information content (AvgIpc) is 2.77. The standard InChI is InChI=1S/C14H25NO3/c1-9(2)12(14(17)18)15-13(16)10(3)8-11-6-4-5-7-11/h9-12H,4-8H2,1-3H3,(H,15,16)(H,17,18)/t10?,12-/m1/s1. The molecule has 2 atom stereocenters. The van der Waals surface area contributed by atoms with Gasteiger partial charge in [-0.1, -0.05) is 46.5 Å². The van der Waals surface area contributed by atoms with Crippen molar-refractivity contribution >= 4 is 11.9 Å². The van der Waals surface area contributed by atoms with Crippen LogP contribution in [0.25, 0.3) is 0 Å². The third-order valence-electron chi connectivity index (χ3n) is 3.84. The van der Waals surface area contributed by atoms with E-state index in [1.807, 2.05) is 6.92 Å². The van der Waals surface area contributed by atoms with Crippen molar-refractivity contribution in [3.05, 3.63) is 0 Å². The molecule has 0 heterocycles. The quantitative estimate of drug-likeness (QED) is 0.766. The number of carbonyl (C=O) groups is 2. The van der Waals surface area contributed by atoms with Crippen molar-refractivity contribution < 1.29 is 14.7 Å². The van der Waals surface area contributed by atoms with Crippen LogP contribution >= 0.6 is 0 Å². The molecule has 1 fully saturated rings. The van der Waals surface area contributed by atoms with Gasteiger partial charge in [-0.15, -0.1) is 0 Å². The van der Waals surface area contributed by atoms with Crippen molar-refractivity contribution in [1.82, 2.24) is 5.32 Å². The van der Waals surface area contributed by atoms with Gasteiger partial charge >= 0.3 is 5.97 Å². The van der Waals surface area contributed by atoms with E-state index in [9.17, 15) is 9.59 Å². The number of carbonyl (C=O) groups excluding carboxylic acids is 1. The second-order valence-corrected chi connectivity index (χ2v) is 5.86. The zero-order chi connectivity index (χ0) is 13.7. The summed E-state index contributed by atoms with van der Waals surface area (Å²) in [5.41, 5.74) is 0. The largest absolute Gasteiger partial charge is 0.480 e. The molecule has 0 aliphatic heterocycles. The normalized spacial score (nSPS) is 19.8. The predicted octanol–water partition coefficient (Wildman–Crippen LogP) is 2.43. The number of nitrogens with one attached hydrogen (secondary N) is 1. The summed E-state index contributed by atoms with van der Waals surface area (Å²) < 4.78 is 0. The number of aliphatic carboxylic acids is 1. The van der Waals surface area contributed by atoms with E-state index in [0.29, 0.717) is 5.92 Å². The van der Waals surface area contributed by atoms with E-state index in [1.165, 1.54) is 25.7 Å². The summed E-state index contributed by atoms with van der Waals surface area (Å²) in [6.07, 6.45) is 5.84. The van der Waals surface area contributed by atoms with Crippen LogP contribution in [0.1, 0.15) is 52.9 Å². The molecule has 0 radical (unpaired) electrons. The first-order valence-corrected chi connectivity index (χ1v) is 6.95. The van der Waals surface area contributed by atoms with E-state index in [1.54, 1.807) is 13.8 Å². The SMILES string of the molecule is CC(CC1CCCC1)C(=O)N[C@@H](C(=O)O)C(C)C. The van der Waals surface area contributed by atoms with Crippen molar-refractivity contribution in [2.24, 2.45) is 17.8 Å². The molecule has 0 aromatic carbocycles. The number of amides is 1. The fourth-order valence-electron chi connectivity index (χ4n) is 2.66. The third-order valence-corrected chi connectivity index (χ3v) is 3.84. The summed E-state index contributed by atoms with van der Waals surface area (Å²) in [6.45, 7) is 5.51. The van der Waals surface area contributed by atoms with Crippen LogP contribution in [-0.2, 0) is 9.59 Å². The molecule has 1 rings (SSSR count). The van der Waals surface area contributed by atoms with Gasteiger partial charge in [-0.3, -0.25) is 4.79 Å². The van der Waals surface area contributed by atoms with E-state index in [2.05, 4.69) is 5.32 Å². The molecule has 1 saturated carbocycles. The molecule has 4 nitrogen and oxygen atoms in total. The van der Waals surface area contributed by atoms with Crippen LogP contribution in [0.15, 0.2) is 0 Å². The van der Waals surface area contributed by atoms with Crippen LogP contribution in [0.5, 0.6) is 0 Å². The van der Waals surface area contributed by atoms with Gasteiger partial charge in [-0.05, 0) is 18.3 Å². The lowest BCUT2D eigenvalue weighted by Crippen LogP contribution is -2.46. The van der Waals surface area contributed by atoms with Gasteiger partial charge < -0.3 is 10.4 Å². The first kappa shape index (κ1) is 15.0. The molecule has 2 N–H and O–H groups in total. The minimum absolute atomic E-state index is 0.0892. The highest BCUT2D eigenvalue weighted by Gasteiger charge is 2.27. The Morgan fingerprint density at radius 2 is 1.78 bits per heavy atom. The number of carboxylic acid groups (broad SMARTS) is 1. The third kappa shape index (κ3) is 4.31. The lowest BCUT2D eigenvalue weighted by molar-refractivity contribution is -0.143. The molecule has 4 heteroatoms. The minimum atomic E-state index is -0.952. The molecule has 1 aliphatic carbocycles. The van der Waals surface area contributed by atoms with Crippen LogP contribution in [0.3, 0.4) is 0 Å². The zero-order valence-corrected chi connectivity index (χ0v) is 11.6. The predicted molar refractivity (Wildman–Crippen MR) is 70.1 cm³/mol. The van der Waals surface area contributed by atoms with Crippen LogP contribution in [-0.4, -0.2) is 23.0 Å². The zero-order valence-electron chi connectivity index (χ0n) is 11.6. The molecule has 1 aliphatic rings. The maximum atomic E-state index is 12.0. The van der Waals surface area contributed by atoms with Crippen molar-refractivity contribution in [1.29, 1.82) is 0 Å². The average molecular weight is 255 g/mol. The van der Waals surface area contributed by atoms with Gasteiger partial charge in [-0.25, -0.2) is 4.79 Å². The maximum Gasteiger partial charge on any atom is 0.326 e. The highest BCUT2D eigenvalue weighted by Crippen LogP contribution is 2.30. The fraction of sp³-hybridized carbons (Fsp3) is 0.857. The number of hydrogen-bond donors (Lipinski definition) is 2. The van der Waals surface area contributed by atoms with Crippen molar-refractivity contribution in [3.8, 4) is 0 Å². The van der Waals surface area contributed by atoms with E-state index in [4.69, 9.17) is 5.11 Å². The summed E-state index contributed by atoms with van der Waals surface area (Å²) in [6, 6.07) is -0.775. The first-order valence-electron chi connectivity index (χ1n) is 6.95. The molecule has 0 bridgehead atoms. The first-order chi connectivity index (χ1) is 8.41. The molecule has 1 unspecified atom stereocenters. The highest BCUT2D eigenvalue weighted by atomic mass is 16.4. The molecule has 0 aromatic heterocycles. The fourth-order valence-corrected chi connectivity index (χ4v) is 2.66. The van der Waals surface area contributed by atoms with Gasteiger partial charge in [0.2, 0.25) is 5.91 Å². The molecule has 1 amide bonds. The molecule has 18 heavy (non-hydrogen) atoms. The van der Waals surface area contributed by atoms with Gasteiger partial charge in [-0.2, -0.15) is 0 Å². The summed E-state index contributed by atoms with van der Waals surface area (Å²) in [7, 11) is 0. The summed E-state index contributed by atoms with van der Waals surface area (Å²) >= 11 is 0. The highest BCUT2D eigenvalue weighted by molar-refractivity contribution is 5.84. The molecular formula is C14H25NO3. The van der Waals surface area contributed by atoms with Gasteiger partial charge in [0.05, 0.1) is 0 Å². The van der Waals surface area contributed by atoms with E-state index in [-0.39, 0.29) is 17.7 Å².